The zero-order chi connectivity index (χ0) is 7.68. The molecule has 0 aromatic carbocycles. The maximum absolute atomic E-state index is 4.14. The summed E-state index contributed by atoms with van der Waals surface area (Å²) < 4.78 is 2.27. The van der Waals surface area contributed by atoms with Gasteiger partial charge in [-0.05, 0) is 18.8 Å². The molecule has 0 aliphatic carbocycles. The van der Waals surface area contributed by atoms with Gasteiger partial charge in [0, 0.05) is 18.4 Å². The monoisotopic (exact) mass is 150 g/mol. The number of hydrogen-bond donors (Lipinski definition) is 0. The molecule has 2 heterocycles. The fraction of sp³-hybridized carbons (Fsp3) is 0.667. The molecule has 1 unspecified atom stereocenters. The van der Waals surface area contributed by atoms with E-state index in [0.29, 0.717) is 0 Å². The standard InChI is InChI=1S/C9H14N2/c1-2-8-3-4-11-7-10-6-9(11)5-8/h6-8H,2-5H2,1H3. The molecule has 11 heavy (non-hydrogen) atoms. The number of fused-ring (bicyclic) bond motifs is 1. The smallest absolute Gasteiger partial charge is 0.0948 e. The second-order valence-corrected chi connectivity index (χ2v) is 3.35. The van der Waals surface area contributed by atoms with Gasteiger partial charge in [-0.1, -0.05) is 13.3 Å². The van der Waals surface area contributed by atoms with E-state index in [9.17, 15) is 0 Å². The number of rotatable bonds is 1. The van der Waals surface area contributed by atoms with Gasteiger partial charge in [0.1, 0.15) is 0 Å². The lowest BCUT2D eigenvalue weighted by atomic mass is 9.94. The summed E-state index contributed by atoms with van der Waals surface area (Å²) in [5.74, 6) is 0.902. The van der Waals surface area contributed by atoms with Crippen molar-refractivity contribution in [1.29, 1.82) is 0 Å². The zero-order valence-electron chi connectivity index (χ0n) is 6.95. The highest BCUT2D eigenvalue weighted by Crippen LogP contribution is 2.21. The molecule has 1 aromatic heterocycles. The van der Waals surface area contributed by atoms with Crippen LogP contribution in [0.5, 0.6) is 0 Å². The van der Waals surface area contributed by atoms with Crippen LogP contribution in [0.25, 0.3) is 0 Å². The fourth-order valence-electron chi connectivity index (χ4n) is 1.79. The van der Waals surface area contributed by atoms with Gasteiger partial charge in [-0.25, -0.2) is 4.98 Å². The van der Waals surface area contributed by atoms with Crippen molar-refractivity contribution in [2.24, 2.45) is 5.92 Å². The lowest BCUT2D eigenvalue weighted by Gasteiger charge is -2.21. The predicted octanol–water partition coefficient (Wildman–Crippen LogP) is 1.86. The lowest BCUT2D eigenvalue weighted by Crippen LogP contribution is -2.17. The van der Waals surface area contributed by atoms with Gasteiger partial charge in [0.2, 0.25) is 0 Å². The maximum atomic E-state index is 4.14. The van der Waals surface area contributed by atoms with Gasteiger partial charge in [0.25, 0.3) is 0 Å². The van der Waals surface area contributed by atoms with Crippen LogP contribution in [-0.4, -0.2) is 9.55 Å². The third-order valence-electron chi connectivity index (χ3n) is 2.65. The molecule has 60 valence electrons. The molecule has 1 aliphatic heterocycles. The molecule has 1 aliphatic rings. The molecule has 0 saturated heterocycles. The van der Waals surface area contributed by atoms with Gasteiger partial charge in [-0.2, -0.15) is 0 Å². The Morgan fingerprint density at radius 2 is 2.64 bits per heavy atom. The molecule has 0 amide bonds. The number of aryl methyl sites for hydroxylation is 1. The van der Waals surface area contributed by atoms with E-state index in [4.69, 9.17) is 0 Å². The average Bonchev–Trinajstić information content (AvgIpc) is 2.50. The van der Waals surface area contributed by atoms with E-state index in [-0.39, 0.29) is 0 Å². The summed E-state index contributed by atoms with van der Waals surface area (Å²) in [5, 5.41) is 0. The highest BCUT2D eigenvalue weighted by Gasteiger charge is 2.15. The predicted molar refractivity (Wildman–Crippen MR) is 44.3 cm³/mol. The molecule has 0 bridgehead atoms. The molecular weight excluding hydrogens is 136 g/mol. The first-order valence-electron chi connectivity index (χ1n) is 4.39. The molecule has 1 aromatic rings. The summed E-state index contributed by atoms with van der Waals surface area (Å²) in [4.78, 5) is 4.14. The Kier molecular flexibility index (Phi) is 1.68. The van der Waals surface area contributed by atoms with Gasteiger partial charge in [-0.15, -0.1) is 0 Å². The highest BCUT2D eigenvalue weighted by atomic mass is 15.0. The first kappa shape index (κ1) is 6.89. The van der Waals surface area contributed by atoms with Crippen LogP contribution >= 0.6 is 0 Å². The van der Waals surface area contributed by atoms with E-state index in [0.717, 1.165) is 5.92 Å². The van der Waals surface area contributed by atoms with Crippen LogP contribution in [0.4, 0.5) is 0 Å². The summed E-state index contributed by atoms with van der Waals surface area (Å²) in [6.45, 7) is 3.45. The Morgan fingerprint density at radius 3 is 3.45 bits per heavy atom. The minimum Gasteiger partial charge on any atom is -0.335 e. The van der Waals surface area contributed by atoms with E-state index in [1.165, 1.54) is 31.5 Å². The van der Waals surface area contributed by atoms with Crippen molar-refractivity contribution in [2.75, 3.05) is 0 Å². The Bertz CT molecular complexity index is 239. The first-order valence-corrected chi connectivity index (χ1v) is 4.39. The van der Waals surface area contributed by atoms with Gasteiger partial charge < -0.3 is 4.57 Å². The number of nitrogens with zero attached hydrogens (tertiary/aromatic N) is 2. The van der Waals surface area contributed by atoms with Gasteiger partial charge in [0.05, 0.1) is 6.33 Å². The van der Waals surface area contributed by atoms with E-state index in [1.54, 1.807) is 0 Å². The van der Waals surface area contributed by atoms with E-state index in [2.05, 4.69) is 16.5 Å². The fourth-order valence-corrected chi connectivity index (χ4v) is 1.79. The van der Waals surface area contributed by atoms with E-state index < -0.39 is 0 Å². The maximum Gasteiger partial charge on any atom is 0.0948 e. The molecule has 0 fully saturated rings. The summed E-state index contributed by atoms with van der Waals surface area (Å²) in [7, 11) is 0. The van der Waals surface area contributed by atoms with Gasteiger partial charge in [-0.3, -0.25) is 0 Å². The summed E-state index contributed by atoms with van der Waals surface area (Å²) in [6.07, 6.45) is 7.82. The van der Waals surface area contributed by atoms with Gasteiger partial charge >= 0.3 is 0 Å². The SMILES string of the molecule is CCC1CCn2cncc2C1. The van der Waals surface area contributed by atoms with Crippen molar-refractivity contribution in [3.63, 3.8) is 0 Å². The Labute approximate surface area is 67.3 Å². The lowest BCUT2D eigenvalue weighted by molar-refractivity contribution is 0.379. The summed E-state index contributed by atoms with van der Waals surface area (Å²) >= 11 is 0. The molecule has 0 radical (unpaired) electrons. The average molecular weight is 150 g/mol. The van der Waals surface area contributed by atoms with Crippen molar-refractivity contribution < 1.29 is 0 Å². The Morgan fingerprint density at radius 1 is 1.73 bits per heavy atom. The van der Waals surface area contributed by atoms with Crippen LogP contribution in [0.2, 0.25) is 0 Å². The molecule has 2 heteroatoms. The van der Waals surface area contributed by atoms with Crippen molar-refractivity contribution in [1.82, 2.24) is 9.55 Å². The quantitative estimate of drug-likeness (QED) is 0.597. The van der Waals surface area contributed by atoms with Gasteiger partial charge in [0.15, 0.2) is 0 Å². The minimum atomic E-state index is 0.902. The molecule has 2 nitrogen and oxygen atoms in total. The van der Waals surface area contributed by atoms with Crippen LogP contribution in [0.1, 0.15) is 25.5 Å². The molecule has 0 saturated carbocycles. The number of aromatic nitrogens is 2. The molecule has 2 rings (SSSR count). The van der Waals surface area contributed by atoms with Crippen LogP contribution < -0.4 is 0 Å². The second kappa shape index (κ2) is 2.68. The zero-order valence-corrected chi connectivity index (χ0v) is 6.95. The molecular formula is C9H14N2. The van der Waals surface area contributed by atoms with Crippen LogP contribution in [-0.2, 0) is 13.0 Å². The Balaban J connectivity index is 2.18. The molecule has 0 N–H and O–H groups in total. The van der Waals surface area contributed by atoms with Crippen molar-refractivity contribution in [3.8, 4) is 0 Å². The normalized spacial score (nSPS) is 23.2. The van der Waals surface area contributed by atoms with E-state index >= 15 is 0 Å². The third kappa shape index (κ3) is 1.17. The van der Waals surface area contributed by atoms with Crippen molar-refractivity contribution in [2.45, 2.75) is 32.7 Å². The number of imidazole rings is 1. The topological polar surface area (TPSA) is 17.8 Å². The van der Waals surface area contributed by atoms with E-state index in [1.807, 2.05) is 12.5 Å². The largest absolute Gasteiger partial charge is 0.335 e. The first-order chi connectivity index (χ1) is 5.40. The second-order valence-electron chi connectivity index (χ2n) is 3.35. The third-order valence-corrected chi connectivity index (χ3v) is 2.65. The minimum absolute atomic E-state index is 0.902. The summed E-state index contributed by atoms with van der Waals surface area (Å²) in [6, 6.07) is 0. The Hall–Kier alpha value is -0.790. The number of hydrogen-bond acceptors (Lipinski definition) is 1. The van der Waals surface area contributed by atoms with Crippen molar-refractivity contribution in [3.05, 3.63) is 18.2 Å². The molecule has 0 spiro atoms. The highest BCUT2D eigenvalue weighted by molar-refractivity contribution is 5.02. The van der Waals surface area contributed by atoms with Crippen LogP contribution in [0.15, 0.2) is 12.5 Å². The van der Waals surface area contributed by atoms with Crippen LogP contribution in [0, 0.1) is 5.92 Å². The van der Waals surface area contributed by atoms with Crippen molar-refractivity contribution >= 4 is 0 Å². The summed E-state index contributed by atoms with van der Waals surface area (Å²) in [5.41, 5.74) is 1.42. The molecule has 1 atom stereocenters. The van der Waals surface area contributed by atoms with Crippen LogP contribution in [0.3, 0.4) is 0 Å².